The second-order valence-electron chi connectivity index (χ2n) is 4.99. The lowest BCUT2D eigenvalue weighted by Crippen LogP contribution is -2.39. The molecule has 3 N–H and O–H groups in total. The number of anilines is 1. The molecule has 0 aliphatic rings. The fourth-order valence-corrected chi connectivity index (χ4v) is 1.86. The van der Waals surface area contributed by atoms with Gasteiger partial charge in [0.2, 0.25) is 0 Å². The maximum absolute atomic E-state index is 11.6. The van der Waals surface area contributed by atoms with Crippen molar-refractivity contribution in [3.63, 3.8) is 0 Å². The van der Waals surface area contributed by atoms with Gasteiger partial charge < -0.3 is 20.7 Å². The zero-order valence-electron chi connectivity index (χ0n) is 13.2. The Morgan fingerprint density at radius 2 is 1.83 bits per heavy atom. The van der Waals surface area contributed by atoms with Crippen LogP contribution >= 0.6 is 0 Å². The van der Waals surface area contributed by atoms with Crippen LogP contribution in [0.5, 0.6) is 5.75 Å². The number of carbonyl (C=O) groups excluding carboxylic acids is 1. The van der Waals surface area contributed by atoms with Gasteiger partial charge in [-0.3, -0.25) is 0 Å². The molecule has 0 fully saturated rings. The molecule has 23 heavy (non-hydrogen) atoms. The summed E-state index contributed by atoms with van der Waals surface area (Å²) < 4.78 is 5.53. The molecule has 2 rings (SSSR count). The Kier molecular flexibility index (Phi) is 6.71. The number of nitrogens with one attached hydrogen (secondary N) is 3. The number of aromatic nitrogens is 1. The molecule has 6 heteroatoms. The van der Waals surface area contributed by atoms with Crippen LogP contribution in [-0.2, 0) is 0 Å². The lowest BCUT2D eigenvalue weighted by molar-refractivity contribution is 0.237. The number of hydrogen-bond donors (Lipinski definition) is 3. The van der Waals surface area contributed by atoms with E-state index in [1.165, 1.54) is 5.56 Å². The first-order chi connectivity index (χ1) is 11.2. The van der Waals surface area contributed by atoms with Crippen molar-refractivity contribution in [1.29, 1.82) is 0 Å². The highest BCUT2D eigenvalue weighted by Gasteiger charge is 1.99. The van der Waals surface area contributed by atoms with Crippen molar-refractivity contribution in [2.75, 3.05) is 31.6 Å². The molecule has 0 aliphatic carbocycles. The lowest BCUT2D eigenvalue weighted by Gasteiger charge is -2.10. The molecule has 0 unspecified atom stereocenters. The predicted octanol–water partition coefficient (Wildman–Crippen LogP) is 2.18. The quantitative estimate of drug-likeness (QED) is 0.653. The molecule has 0 spiro atoms. The van der Waals surface area contributed by atoms with Gasteiger partial charge in [-0.05, 0) is 31.2 Å². The van der Waals surface area contributed by atoms with Gasteiger partial charge in [-0.15, -0.1) is 0 Å². The van der Waals surface area contributed by atoms with E-state index in [0.717, 1.165) is 11.6 Å². The first-order valence-electron chi connectivity index (χ1n) is 7.60. The van der Waals surface area contributed by atoms with Crippen molar-refractivity contribution >= 4 is 11.8 Å². The van der Waals surface area contributed by atoms with E-state index in [4.69, 9.17) is 4.74 Å². The number of pyridine rings is 1. The molecule has 6 nitrogen and oxygen atoms in total. The molecule has 2 aromatic rings. The monoisotopic (exact) mass is 314 g/mol. The van der Waals surface area contributed by atoms with E-state index in [9.17, 15) is 4.79 Å². The topological polar surface area (TPSA) is 75.3 Å². The van der Waals surface area contributed by atoms with Crippen LogP contribution in [0.4, 0.5) is 10.6 Å². The Bertz CT molecular complexity index is 587. The number of benzene rings is 1. The summed E-state index contributed by atoms with van der Waals surface area (Å²) in [6, 6.07) is 13.2. The zero-order chi connectivity index (χ0) is 16.3. The number of amides is 2. The summed E-state index contributed by atoms with van der Waals surface area (Å²) in [7, 11) is 0. The molecule has 2 amide bonds. The van der Waals surface area contributed by atoms with Gasteiger partial charge in [0.25, 0.3) is 0 Å². The number of urea groups is 1. The highest BCUT2D eigenvalue weighted by atomic mass is 16.5. The van der Waals surface area contributed by atoms with Gasteiger partial charge in [0, 0.05) is 19.3 Å². The summed E-state index contributed by atoms with van der Waals surface area (Å²) in [5.74, 6) is 1.60. The average Bonchev–Trinajstić information content (AvgIpc) is 2.58. The Morgan fingerprint density at radius 1 is 1.04 bits per heavy atom. The molecule has 0 atom stereocenters. The predicted molar refractivity (Wildman–Crippen MR) is 90.8 cm³/mol. The van der Waals surface area contributed by atoms with Crippen molar-refractivity contribution in [1.82, 2.24) is 15.6 Å². The minimum absolute atomic E-state index is 0.208. The summed E-state index contributed by atoms with van der Waals surface area (Å²) in [6.45, 7) is 4.04. The van der Waals surface area contributed by atoms with Crippen LogP contribution < -0.4 is 20.7 Å². The minimum Gasteiger partial charge on any atom is -0.492 e. The average molecular weight is 314 g/mol. The van der Waals surface area contributed by atoms with Gasteiger partial charge in [0.15, 0.2) is 0 Å². The van der Waals surface area contributed by atoms with Crippen molar-refractivity contribution in [2.45, 2.75) is 6.92 Å². The van der Waals surface area contributed by atoms with E-state index in [0.29, 0.717) is 26.2 Å². The van der Waals surface area contributed by atoms with E-state index in [-0.39, 0.29) is 6.03 Å². The van der Waals surface area contributed by atoms with E-state index >= 15 is 0 Å². The number of ether oxygens (including phenoxy) is 1. The van der Waals surface area contributed by atoms with Crippen molar-refractivity contribution in [3.8, 4) is 5.75 Å². The maximum atomic E-state index is 11.6. The van der Waals surface area contributed by atoms with E-state index in [1.807, 2.05) is 49.4 Å². The fourth-order valence-electron chi connectivity index (χ4n) is 1.86. The minimum atomic E-state index is -0.208. The SMILES string of the molecule is Cc1ccc(OCCNC(=O)NCCNc2ccccn2)cc1. The summed E-state index contributed by atoms with van der Waals surface area (Å²) >= 11 is 0. The van der Waals surface area contributed by atoms with Crippen LogP contribution in [-0.4, -0.2) is 37.3 Å². The third-order valence-electron chi connectivity index (χ3n) is 3.06. The van der Waals surface area contributed by atoms with Gasteiger partial charge >= 0.3 is 6.03 Å². The number of aryl methyl sites for hydroxylation is 1. The standard InChI is InChI=1S/C17H22N4O2/c1-14-5-7-15(8-6-14)23-13-12-21-17(22)20-11-10-19-16-4-2-3-9-18-16/h2-9H,10-13H2,1H3,(H,18,19)(H2,20,21,22). The third-order valence-corrected chi connectivity index (χ3v) is 3.06. The Hall–Kier alpha value is -2.76. The largest absolute Gasteiger partial charge is 0.492 e. The first-order valence-corrected chi connectivity index (χ1v) is 7.60. The molecule has 1 aromatic carbocycles. The van der Waals surface area contributed by atoms with Gasteiger partial charge in [-0.2, -0.15) is 0 Å². The summed E-state index contributed by atoms with van der Waals surface area (Å²) in [6.07, 6.45) is 1.72. The molecular weight excluding hydrogens is 292 g/mol. The summed E-state index contributed by atoms with van der Waals surface area (Å²) in [5.41, 5.74) is 1.19. The Labute approximate surface area is 136 Å². The van der Waals surface area contributed by atoms with Crippen LogP contribution in [0.1, 0.15) is 5.56 Å². The van der Waals surface area contributed by atoms with E-state index in [2.05, 4.69) is 20.9 Å². The highest BCUT2D eigenvalue weighted by Crippen LogP contribution is 2.10. The van der Waals surface area contributed by atoms with Gasteiger partial charge in [-0.25, -0.2) is 9.78 Å². The molecule has 0 aliphatic heterocycles. The Morgan fingerprint density at radius 3 is 2.57 bits per heavy atom. The third kappa shape index (κ3) is 6.69. The zero-order valence-corrected chi connectivity index (χ0v) is 13.2. The molecular formula is C17H22N4O2. The van der Waals surface area contributed by atoms with Crippen LogP contribution in [0.2, 0.25) is 0 Å². The summed E-state index contributed by atoms with van der Waals surface area (Å²) in [4.78, 5) is 15.7. The number of carbonyl (C=O) groups is 1. The molecule has 0 saturated carbocycles. The second-order valence-corrected chi connectivity index (χ2v) is 4.99. The number of nitrogens with zero attached hydrogens (tertiary/aromatic N) is 1. The molecule has 122 valence electrons. The maximum Gasteiger partial charge on any atom is 0.314 e. The number of rotatable bonds is 8. The molecule has 0 radical (unpaired) electrons. The normalized spacial score (nSPS) is 9.96. The summed E-state index contributed by atoms with van der Waals surface area (Å²) in [5, 5.41) is 8.62. The second kappa shape index (κ2) is 9.30. The van der Waals surface area contributed by atoms with Crippen LogP contribution in [0.3, 0.4) is 0 Å². The van der Waals surface area contributed by atoms with Crippen LogP contribution in [0.15, 0.2) is 48.7 Å². The van der Waals surface area contributed by atoms with Crippen molar-refractivity contribution < 1.29 is 9.53 Å². The smallest absolute Gasteiger partial charge is 0.314 e. The highest BCUT2D eigenvalue weighted by molar-refractivity contribution is 5.73. The molecule has 0 saturated heterocycles. The van der Waals surface area contributed by atoms with E-state index in [1.54, 1.807) is 6.20 Å². The van der Waals surface area contributed by atoms with Gasteiger partial charge in [0.05, 0.1) is 6.54 Å². The van der Waals surface area contributed by atoms with Crippen LogP contribution in [0, 0.1) is 6.92 Å². The van der Waals surface area contributed by atoms with Crippen molar-refractivity contribution in [3.05, 3.63) is 54.2 Å². The van der Waals surface area contributed by atoms with Gasteiger partial charge in [0.1, 0.15) is 18.2 Å². The fraction of sp³-hybridized carbons (Fsp3) is 0.294. The molecule has 1 aromatic heterocycles. The first kappa shape index (κ1) is 16.6. The van der Waals surface area contributed by atoms with Gasteiger partial charge in [-0.1, -0.05) is 23.8 Å². The molecule has 0 bridgehead atoms. The Balaban J connectivity index is 1.51. The van der Waals surface area contributed by atoms with Crippen LogP contribution in [0.25, 0.3) is 0 Å². The lowest BCUT2D eigenvalue weighted by atomic mass is 10.2. The number of hydrogen-bond acceptors (Lipinski definition) is 4. The van der Waals surface area contributed by atoms with E-state index < -0.39 is 0 Å². The molecule has 1 heterocycles. The van der Waals surface area contributed by atoms with Crippen molar-refractivity contribution in [2.24, 2.45) is 0 Å².